The zero-order valence-electron chi connectivity index (χ0n) is 12.8. The Kier molecular flexibility index (Phi) is 6.21. The Morgan fingerprint density at radius 2 is 2.14 bits per heavy atom. The van der Waals surface area contributed by atoms with Crippen molar-refractivity contribution in [2.45, 2.75) is 26.8 Å². The topological polar surface area (TPSA) is 75.3 Å². The molecule has 2 N–H and O–H groups in total. The number of aromatic nitrogens is 2. The first-order valence-electron chi connectivity index (χ1n) is 7.24. The molecule has 6 nitrogen and oxygen atoms in total. The monoisotopic (exact) mass is 321 g/mol. The minimum atomic E-state index is 0.374. The van der Waals surface area contributed by atoms with E-state index in [2.05, 4.69) is 25.8 Å². The lowest BCUT2D eigenvalue weighted by Crippen LogP contribution is -2.38. The van der Waals surface area contributed by atoms with E-state index in [-0.39, 0.29) is 0 Å². The van der Waals surface area contributed by atoms with Gasteiger partial charge in [-0.3, -0.25) is 0 Å². The second-order valence-electron chi connectivity index (χ2n) is 4.69. The van der Waals surface area contributed by atoms with Crippen LogP contribution in [0.3, 0.4) is 0 Å². The van der Waals surface area contributed by atoms with Gasteiger partial charge in [0.1, 0.15) is 6.54 Å². The first-order valence-corrected chi connectivity index (χ1v) is 7.61. The van der Waals surface area contributed by atoms with Gasteiger partial charge in [0.15, 0.2) is 11.8 Å². The van der Waals surface area contributed by atoms with Crippen LogP contribution in [0.2, 0.25) is 5.02 Å². The number of rotatable bonds is 6. The molecule has 22 heavy (non-hydrogen) atoms. The van der Waals surface area contributed by atoms with Crippen LogP contribution in [0.25, 0.3) is 0 Å². The molecule has 2 aromatic rings. The first-order chi connectivity index (χ1) is 10.7. The maximum absolute atomic E-state index is 6.14. The third kappa shape index (κ3) is 5.04. The summed E-state index contributed by atoms with van der Waals surface area (Å²) < 4.78 is 4.92. The normalized spacial score (nSPS) is 11.5. The van der Waals surface area contributed by atoms with Gasteiger partial charge in [-0.05, 0) is 25.0 Å². The van der Waals surface area contributed by atoms with Crippen LogP contribution in [-0.2, 0) is 13.0 Å². The summed E-state index contributed by atoms with van der Waals surface area (Å²) in [4.78, 5) is 8.55. The molecule has 2 rings (SSSR count). The van der Waals surface area contributed by atoms with Gasteiger partial charge >= 0.3 is 0 Å². The van der Waals surface area contributed by atoms with Crippen LogP contribution in [0.15, 0.2) is 33.8 Å². The fourth-order valence-corrected chi connectivity index (χ4v) is 2.14. The molecule has 0 bridgehead atoms. The minimum Gasteiger partial charge on any atom is -0.357 e. The van der Waals surface area contributed by atoms with Crippen LogP contribution >= 0.6 is 11.6 Å². The highest BCUT2D eigenvalue weighted by Gasteiger charge is 2.03. The quantitative estimate of drug-likeness (QED) is 0.631. The lowest BCUT2D eigenvalue weighted by atomic mass is 10.1. The van der Waals surface area contributed by atoms with Gasteiger partial charge in [-0.2, -0.15) is 4.98 Å². The highest BCUT2D eigenvalue weighted by Crippen LogP contribution is 2.14. The van der Waals surface area contributed by atoms with E-state index < -0.39 is 0 Å². The van der Waals surface area contributed by atoms with Crippen molar-refractivity contribution in [3.05, 3.63) is 46.6 Å². The maximum Gasteiger partial charge on any atom is 0.223 e. The smallest absolute Gasteiger partial charge is 0.223 e. The lowest BCUT2D eigenvalue weighted by molar-refractivity contribution is 0.387. The number of hydrogen-bond acceptors (Lipinski definition) is 4. The van der Waals surface area contributed by atoms with Crippen molar-refractivity contribution >= 4 is 17.6 Å². The van der Waals surface area contributed by atoms with Crippen LogP contribution < -0.4 is 10.6 Å². The van der Waals surface area contributed by atoms with Gasteiger partial charge in [-0.15, -0.1) is 0 Å². The average Bonchev–Trinajstić information content (AvgIpc) is 2.92. The van der Waals surface area contributed by atoms with E-state index >= 15 is 0 Å². The van der Waals surface area contributed by atoms with Gasteiger partial charge in [0.25, 0.3) is 0 Å². The van der Waals surface area contributed by atoms with Crippen molar-refractivity contribution in [3.63, 3.8) is 0 Å². The molecule has 0 unspecified atom stereocenters. The molecule has 1 aromatic carbocycles. The van der Waals surface area contributed by atoms with E-state index in [1.54, 1.807) is 6.92 Å². The summed E-state index contributed by atoms with van der Waals surface area (Å²) in [5.74, 6) is 1.83. The molecule has 0 saturated heterocycles. The average molecular weight is 322 g/mol. The second kappa shape index (κ2) is 8.38. The number of nitrogens with one attached hydrogen (secondary N) is 2. The van der Waals surface area contributed by atoms with Crippen molar-refractivity contribution < 1.29 is 4.52 Å². The number of benzene rings is 1. The molecular formula is C15H20ClN5O. The van der Waals surface area contributed by atoms with Gasteiger partial charge in [-0.1, -0.05) is 35.0 Å². The Morgan fingerprint density at radius 3 is 2.82 bits per heavy atom. The Morgan fingerprint density at radius 1 is 1.32 bits per heavy atom. The van der Waals surface area contributed by atoms with Crippen molar-refractivity contribution in [1.82, 2.24) is 20.8 Å². The zero-order valence-corrected chi connectivity index (χ0v) is 13.5. The number of aliphatic imine (C=N–C) groups is 1. The van der Waals surface area contributed by atoms with Crippen molar-refractivity contribution in [2.75, 3.05) is 13.1 Å². The molecule has 0 aliphatic rings. The molecule has 118 valence electrons. The summed E-state index contributed by atoms with van der Waals surface area (Å²) in [6.07, 6.45) is 0.825. The largest absolute Gasteiger partial charge is 0.357 e. The number of aryl methyl sites for hydroxylation is 1. The summed E-state index contributed by atoms with van der Waals surface area (Å²) in [7, 11) is 0. The molecule has 7 heteroatoms. The molecule has 0 fully saturated rings. The van der Waals surface area contributed by atoms with Crippen LogP contribution in [0.4, 0.5) is 0 Å². The van der Waals surface area contributed by atoms with Gasteiger partial charge < -0.3 is 15.2 Å². The van der Waals surface area contributed by atoms with E-state index in [0.29, 0.717) is 18.3 Å². The Labute approximate surface area is 135 Å². The van der Waals surface area contributed by atoms with Gasteiger partial charge in [0, 0.05) is 25.0 Å². The number of halogens is 1. The fraction of sp³-hybridized carbons (Fsp3) is 0.400. The number of nitrogens with zero attached hydrogens (tertiary/aromatic N) is 3. The van der Waals surface area contributed by atoms with Gasteiger partial charge in [0.05, 0.1) is 0 Å². The predicted octanol–water partition coefficient (Wildman–Crippen LogP) is 2.33. The lowest BCUT2D eigenvalue weighted by Gasteiger charge is -2.11. The highest BCUT2D eigenvalue weighted by atomic mass is 35.5. The standard InChI is InChI=1S/C15H20ClN5O/c1-3-17-15(19-10-14-20-11(2)22-21-14)18-9-8-12-6-4-5-7-13(12)16/h4-7H,3,8-10H2,1-2H3,(H2,17,18,19). The number of guanidine groups is 1. The van der Waals surface area contributed by atoms with E-state index in [4.69, 9.17) is 16.1 Å². The molecule has 0 aliphatic carbocycles. The molecular weight excluding hydrogens is 302 g/mol. The van der Waals surface area contributed by atoms with Crippen molar-refractivity contribution in [1.29, 1.82) is 0 Å². The molecule has 1 aromatic heterocycles. The highest BCUT2D eigenvalue weighted by molar-refractivity contribution is 6.31. The summed E-state index contributed by atoms with van der Waals surface area (Å²) in [5.41, 5.74) is 1.11. The summed E-state index contributed by atoms with van der Waals surface area (Å²) in [6.45, 7) is 5.67. The molecule has 0 saturated carbocycles. The van der Waals surface area contributed by atoms with Gasteiger partial charge in [0.2, 0.25) is 5.89 Å². The molecule has 0 atom stereocenters. The summed E-state index contributed by atoms with van der Waals surface area (Å²) >= 11 is 6.14. The molecule has 0 spiro atoms. The van der Waals surface area contributed by atoms with E-state index in [1.165, 1.54) is 0 Å². The van der Waals surface area contributed by atoms with Crippen LogP contribution in [0.1, 0.15) is 24.2 Å². The van der Waals surface area contributed by atoms with Crippen LogP contribution in [0.5, 0.6) is 0 Å². The van der Waals surface area contributed by atoms with Gasteiger partial charge in [-0.25, -0.2) is 4.99 Å². The minimum absolute atomic E-state index is 0.374. The fourth-order valence-electron chi connectivity index (χ4n) is 1.91. The predicted molar refractivity (Wildman–Crippen MR) is 87.0 cm³/mol. The molecule has 0 aliphatic heterocycles. The van der Waals surface area contributed by atoms with Crippen LogP contribution in [-0.4, -0.2) is 29.2 Å². The summed E-state index contributed by atoms with van der Waals surface area (Å²) in [6, 6.07) is 7.84. The summed E-state index contributed by atoms with van der Waals surface area (Å²) in [5, 5.41) is 11.1. The molecule has 1 heterocycles. The van der Waals surface area contributed by atoms with E-state index in [9.17, 15) is 0 Å². The first kappa shape index (κ1) is 16.3. The molecule has 0 amide bonds. The van der Waals surface area contributed by atoms with E-state index in [1.807, 2.05) is 31.2 Å². The Bertz CT molecular complexity index is 626. The van der Waals surface area contributed by atoms with Crippen LogP contribution in [0, 0.1) is 6.92 Å². The van der Waals surface area contributed by atoms with Crippen molar-refractivity contribution in [2.24, 2.45) is 4.99 Å². The SMILES string of the molecule is CCNC(=NCc1noc(C)n1)NCCc1ccccc1Cl. The Balaban J connectivity index is 1.87. The number of hydrogen-bond donors (Lipinski definition) is 2. The second-order valence-corrected chi connectivity index (χ2v) is 5.10. The van der Waals surface area contributed by atoms with E-state index in [0.717, 1.165) is 36.1 Å². The third-order valence-electron chi connectivity index (χ3n) is 2.94. The Hall–Kier alpha value is -2.08. The maximum atomic E-state index is 6.14. The molecule has 0 radical (unpaired) electrons. The zero-order chi connectivity index (χ0) is 15.8. The third-order valence-corrected chi connectivity index (χ3v) is 3.31. The van der Waals surface area contributed by atoms with Crippen molar-refractivity contribution in [3.8, 4) is 0 Å².